The van der Waals surface area contributed by atoms with Gasteiger partial charge in [-0.3, -0.25) is 4.79 Å². The Bertz CT molecular complexity index is 1210. The third kappa shape index (κ3) is 6.12. The first-order valence-electron chi connectivity index (χ1n) is 18.3. The van der Waals surface area contributed by atoms with E-state index in [9.17, 15) is 35.4 Å². The number of fused-ring (bicyclic) bond motifs is 5. The number of aliphatic hydroxyl groups is 6. The molecule has 10 nitrogen and oxygen atoms in total. The van der Waals surface area contributed by atoms with Crippen LogP contribution in [0.1, 0.15) is 114 Å². The maximum absolute atomic E-state index is 12.1. The minimum atomic E-state index is -1.58. The summed E-state index contributed by atoms with van der Waals surface area (Å²) in [5.74, 6) is -0.830. The van der Waals surface area contributed by atoms with Gasteiger partial charge in [0, 0.05) is 6.92 Å². The van der Waals surface area contributed by atoms with Crippen molar-refractivity contribution < 1.29 is 49.6 Å². The first-order valence-corrected chi connectivity index (χ1v) is 18.3. The Hall–Kier alpha value is -1.11. The van der Waals surface area contributed by atoms with Gasteiger partial charge in [0.1, 0.15) is 31.0 Å². The van der Waals surface area contributed by atoms with E-state index in [4.69, 9.17) is 14.2 Å². The van der Waals surface area contributed by atoms with Gasteiger partial charge >= 0.3 is 5.97 Å². The van der Waals surface area contributed by atoms with Crippen LogP contribution in [0, 0.1) is 45.3 Å². The molecule has 0 aromatic carbocycles. The van der Waals surface area contributed by atoms with Crippen LogP contribution in [0.2, 0.25) is 0 Å². The van der Waals surface area contributed by atoms with Crippen LogP contribution in [0.3, 0.4) is 0 Å². The molecule has 0 aromatic heterocycles. The number of carbonyl (C=O) groups is 1. The molecule has 0 bridgehead atoms. The average Bonchev–Trinajstić information content (AvgIpc) is 3.36. The highest BCUT2D eigenvalue weighted by Crippen LogP contribution is 2.76. The van der Waals surface area contributed by atoms with Crippen molar-refractivity contribution in [1.82, 2.24) is 0 Å². The Morgan fingerprint density at radius 2 is 1.60 bits per heavy atom. The molecule has 1 aliphatic heterocycles. The zero-order valence-electron chi connectivity index (χ0n) is 30.7. The fourth-order valence-corrected chi connectivity index (χ4v) is 12.1. The first kappa shape index (κ1) is 38.1. The smallest absolute Gasteiger partial charge is 0.302 e. The summed E-state index contributed by atoms with van der Waals surface area (Å²) in [6.45, 7) is 18.0. The molecule has 0 unspecified atom stereocenters. The lowest BCUT2D eigenvalue weighted by Gasteiger charge is -2.72. The second kappa shape index (κ2) is 13.1. The van der Waals surface area contributed by atoms with Gasteiger partial charge in [0.25, 0.3) is 0 Å². The van der Waals surface area contributed by atoms with Gasteiger partial charge in [0.2, 0.25) is 0 Å². The Labute approximate surface area is 287 Å². The van der Waals surface area contributed by atoms with E-state index >= 15 is 0 Å². The number of allylic oxidation sites excluding steroid dienone is 2. The van der Waals surface area contributed by atoms with E-state index in [0.717, 1.165) is 25.7 Å². The molecular formula is C38H64O10. The molecular weight excluding hydrogens is 616 g/mol. The Balaban J connectivity index is 1.52. The number of hydrogen-bond acceptors (Lipinski definition) is 10. The largest absolute Gasteiger partial charge is 0.463 e. The quantitative estimate of drug-likeness (QED) is 0.126. The summed E-state index contributed by atoms with van der Waals surface area (Å²) in [6.07, 6.45) is -0.946. The molecule has 1 heterocycles. The van der Waals surface area contributed by atoms with Crippen molar-refractivity contribution in [1.29, 1.82) is 0 Å². The number of esters is 1. The summed E-state index contributed by atoms with van der Waals surface area (Å²) in [7, 11) is 0. The molecule has 10 heteroatoms. The van der Waals surface area contributed by atoms with E-state index in [1.54, 1.807) is 0 Å². The molecule has 4 saturated carbocycles. The summed E-state index contributed by atoms with van der Waals surface area (Å²) in [6, 6.07) is 0. The van der Waals surface area contributed by atoms with Crippen molar-refractivity contribution >= 4 is 5.97 Å². The third-order valence-electron chi connectivity index (χ3n) is 14.7. The zero-order valence-corrected chi connectivity index (χ0v) is 30.7. The van der Waals surface area contributed by atoms with Crippen LogP contribution < -0.4 is 0 Å². The zero-order chi connectivity index (χ0) is 35.8. The van der Waals surface area contributed by atoms with Crippen LogP contribution in [0.25, 0.3) is 0 Å². The average molecular weight is 681 g/mol. The SMILES string of the molecule is CC(=O)OC[C@H]1O[C@@H](O[C@H]2C[C@]3(C)[C@H](C[C@@H](O)[C@@H]4[C@@H]([C@@](C)(O)CCC=C(C)C)CC[C@]43C)[C@@]3(C)CC[C@H](O)C(C)(C)[C@H]23)[C@H](O)[C@@H](O)[C@@H]1O. The predicted molar refractivity (Wildman–Crippen MR) is 179 cm³/mol. The lowest BCUT2D eigenvalue weighted by molar-refractivity contribution is -0.347. The molecule has 5 fully saturated rings. The minimum absolute atomic E-state index is 0.0717. The molecule has 0 spiro atoms. The highest BCUT2D eigenvalue weighted by atomic mass is 16.7. The number of ether oxygens (including phenoxy) is 3. The monoisotopic (exact) mass is 680 g/mol. The van der Waals surface area contributed by atoms with E-state index in [2.05, 4.69) is 54.5 Å². The van der Waals surface area contributed by atoms with E-state index in [1.165, 1.54) is 12.5 Å². The van der Waals surface area contributed by atoms with Crippen molar-refractivity contribution in [2.75, 3.05) is 6.61 Å². The van der Waals surface area contributed by atoms with Crippen LogP contribution in [-0.4, -0.2) is 97.8 Å². The van der Waals surface area contributed by atoms with E-state index in [-0.39, 0.29) is 46.5 Å². The van der Waals surface area contributed by atoms with E-state index < -0.39 is 66.0 Å². The summed E-state index contributed by atoms with van der Waals surface area (Å²) in [5.41, 5.74) is -1.34. The van der Waals surface area contributed by atoms with Gasteiger partial charge in [-0.15, -0.1) is 0 Å². The van der Waals surface area contributed by atoms with E-state index in [1.807, 2.05) is 6.92 Å². The van der Waals surface area contributed by atoms with Crippen LogP contribution in [0.15, 0.2) is 11.6 Å². The van der Waals surface area contributed by atoms with Crippen molar-refractivity contribution in [2.24, 2.45) is 45.3 Å². The Morgan fingerprint density at radius 3 is 2.23 bits per heavy atom. The second-order valence-corrected chi connectivity index (χ2v) is 18.1. The molecule has 5 aliphatic rings. The molecule has 1 saturated heterocycles. The molecule has 0 aromatic rings. The summed E-state index contributed by atoms with van der Waals surface area (Å²) >= 11 is 0. The van der Waals surface area contributed by atoms with Crippen molar-refractivity contribution in [3.05, 3.63) is 11.6 Å². The minimum Gasteiger partial charge on any atom is -0.463 e. The second-order valence-electron chi connectivity index (χ2n) is 18.1. The molecule has 0 amide bonds. The lowest BCUT2D eigenvalue weighted by Crippen LogP contribution is -2.71. The van der Waals surface area contributed by atoms with Gasteiger partial charge < -0.3 is 44.8 Å². The highest BCUT2D eigenvalue weighted by molar-refractivity contribution is 5.65. The van der Waals surface area contributed by atoms with Crippen molar-refractivity contribution in [2.45, 2.75) is 168 Å². The lowest BCUT2D eigenvalue weighted by atomic mass is 9.34. The summed E-state index contributed by atoms with van der Waals surface area (Å²) in [5, 5.41) is 68.1. The number of rotatable bonds is 8. The van der Waals surface area contributed by atoms with Crippen LogP contribution in [0.4, 0.5) is 0 Å². The molecule has 276 valence electrons. The van der Waals surface area contributed by atoms with Crippen LogP contribution in [-0.2, 0) is 19.0 Å². The maximum Gasteiger partial charge on any atom is 0.302 e. The van der Waals surface area contributed by atoms with Gasteiger partial charge in [-0.25, -0.2) is 0 Å². The van der Waals surface area contributed by atoms with Crippen LogP contribution in [0.5, 0.6) is 0 Å². The van der Waals surface area contributed by atoms with Crippen LogP contribution >= 0.6 is 0 Å². The standard InChI is InChI=1S/C38H64O10/c1-20(2)11-10-14-38(9,45)22-12-16-36(7)28(22)23(40)17-26-35(6)15-13-27(41)34(4,5)32(35)24(18-37(26,36)8)47-33-31(44)30(43)29(42)25(48-33)19-46-21(3)39/h11,22-33,40-45H,10,12-19H2,1-9H3/t22-,23+,24-,25+,26+,27-,28-,29+,30-,31+,32-,33+,35+,36+,37+,38-/m0/s1. The van der Waals surface area contributed by atoms with Gasteiger partial charge in [0.05, 0.1) is 23.9 Å². The maximum atomic E-state index is 12.1. The number of hydrogen-bond donors (Lipinski definition) is 6. The van der Waals surface area contributed by atoms with Gasteiger partial charge in [-0.1, -0.05) is 46.3 Å². The molecule has 5 rings (SSSR count). The van der Waals surface area contributed by atoms with Gasteiger partial charge in [-0.2, -0.15) is 0 Å². The molecule has 6 N–H and O–H groups in total. The third-order valence-corrected chi connectivity index (χ3v) is 14.7. The summed E-state index contributed by atoms with van der Waals surface area (Å²) in [4.78, 5) is 11.5. The van der Waals surface area contributed by atoms with Crippen molar-refractivity contribution in [3.63, 3.8) is 0 Å². The highest BCUT2D eigenvalue weighted by Gasteiger charge is 2.73. The molecule has 48 heavy (non-hydrogen) atoms. The fourth-order valence-electron chi connectivity index (χ4n) is 12.1. The first-order chi connectivity index (χ1) is 22.1. The number of carbonyl (C=O) groups excluding carboxylic acids is 1. The summed E-state index contributed by atoms with van der Waals surface area (Å²) < 4.78 is 18.0. The number of aliphatic hydroxyl groups excluding tert-OH is 5. The molecule has 4 aliphatic carbocycles. The normalized spacial score (nSPS) is 49.6. The topological polar surface area (TPSA) is 166 Å². The van der Waals surface area contributed by atoms with Gasteiger partial charge in [0.15, 0.2) is 6.29 Å². The predicted octanol–water partition coefficient (Wildman–Crippen LogP) is 3.87. The van der Waals surface area contributed by atoms with E-state index in [0.29, 0.717) is 25.7 Å². The van der Waals surface area contributed by atoms with Gasteiger partial charge in [-0.05, 0) is 117 Å². The molecule has 16 atom stereocenters. The Morgan fingerprint density at radius 1 is 0.938 bits per heavy atom. The molecule has 0 radical (unpaired) electrons. The fraction of sp³-hybridized carbons (Fsp3) is 0.921. The Kier molecular flexibility index (Phi) is 10.4. The van der Waals surface area contributed by atoms with Crippen molar-refractivity contribution in [3.8, 4) is 0 Å².